The van der Waals surface area contributed by atoms with Crippen molar-refractivity contribution in [3.8, 4) is 5.75 Å². The van der Waals surface area contributed by atoms with Gasteiger partial charge in [-0.2, -0.15) is 0 Å². The molecule has 2 aromatic carbocycles. The van der Waals surface area contributed by atoms with Crippen LogP contribution in [0, 0.1) is 0 Å². The maximum absolute atomic E-state index is 12.5. The molecule has 5 heteroatoms. The number of carbonyl (C=O) groups excluding carboxylic acids is 1. The summed E-state index contributed by atoms with van der Waals surface area (Å²) in [6.07, 6.45) is 0. The lowest BCUT2D eigenvalue weighted by Crippen LogP contribution is -2.26. The summed E-state index contributed by atoms with van der Waals surface area (Å²) in [5.41, 5.74) is 1.33. The van der Waals surface area contributed by atoms with Gasteiger partial charge in [0.15, 0.2) is 0 Å². The summed E-state index contributed by atoms with van der Waals surface area (Å²) in [6, 6.07) is 14.8. The zero-order valence-electron chi connectivity index (χ0n) is 12.8. The number of fused-ring (bicyclic) bond motifs is 1. The molecule has 0 aliphatic rings. The number of hydrogen-bond acceptors (Lipinski definition) is 3. The van der Waals surface area contributed by atoms with Crippen LogP contribution in [-0.2, 0) is 0 Å². The Balaban J connectivity index is 1.81. The molecule has 1 N–H and O–H groups in total. The minimum absolute atomic E-state index is 0.191. The van der Waals surface area contributed by atoms with Crippen molar-refractivity contribution in [1.82, 2.24) is 5.32 Å². The summed E-state index contributed by atoms with van der Waals surface area (Å²) >= 11 is 3.39. The van der Waals surface area contributed by atoms with Gasteiger partial charge in [-0.1, -0.05) is 18.2 Å². The number of nitrogens with one attached hydrogen (secondary N) is 1. The quantitative estimate of drug-likeness (QED) is 0.721. The summed E-state index contributed by atoms with van der Waals surface area (Å²) < 4.78 is 11.7. The Bertz CT molecular complexity index is 823. The van der Waals surface area contributed by atoms with Crippen LogP contribution in [0.25, 0.3) is 11.0 Å². The van der Waals surface area contributed by atoms with Crippen LogP contribution in [0.1, 0.15) is 29.1 Å². The van der Waals surface area contributed by atoms with E-state index in [2.05, 4.69) is 21.2 Å². The SMILES string of the molecule is COc1ccc(Br)c(C(=O)NC(C)c2cc3ccccc3o2)c1. The molecule has 0 aliphatic carbocycles. The van der Waals surface area contributed by atoms with Crippen LogP contribution in [0.2, 0.25) is 0 Å². The highest BCUT2D eigenvalue weighted by Gasteiger charge is 2.17. The lowest BCUT2D eigenvalue weighted by atomic mass is 10.1. The Kier molecular flexibility index (Phi) is 4.39. The molecule has 118 valence electrons. The van der Waals surface area contributed by atoms with E-state index in [9.17, 15) is 4.79 Å². The zero-order valence-corrected chi connectivity index (χ0v) is 14.4. The standard InChI is InChI=1S/C18H16BrNO3/c1-11(17-9-12-5-3-4-6-16(12)23-17)20-18(21)14-10-13(22-2)7-8-15(14)19/h3-11H,1-2H3,(H,20,21). The van der Waals surface area contributed by atoms with Crippen LogP contribution in [-0.4, -0.2) is 13.0 Å². The molecule has 1 aromatic heterocycles. The van der Waals surface area contributed by atoms with Gasteiger partial charge in [0.25, 0.3) is 5.91 Å². The van der Waals surface area contributed by atoms with Gasteiger partial charge >= 0.3 is 0 Å². The number of rotatable bonds is 4. The number of furan rings is 1. The van der Waals surface area contributed by atoms with Gasteiger partial charge in [-0.3, -0.25) is 4.79 Å². The van der Waals surface area contributed by atoms with Gasteiger partial charge in [-0.05, 0) is 53.2 Å². The van der Waals surface area contributed by atoms with Gasteiger partial charge in [0.05, 0.1) is 18.7 Å². The first kappa shape index (κ1) is 15.6. The van der Waals surface area contributed by atoms with Crippen molar-refractivity contribution in [2.75, 3.05) is 7.11 Å². The molecule has 23 heavy (non-hydrogen) atoms. The minimum Gasteiger partial charge on any atom is -0.497 e. The minimum atomic E-state index is -0.243. The molecule has 0 bridgehead atoms. The summed E-state index contributed by atoms with van der Waals surface area (Å²) in [4.78, 5) is 12.5. The number of halogens is 1. The lowest BCUT2D eigenvalue weighted by Gasteiger charge is -2.13. The van der Waals surface area contributed by atoms with E-state index in [-0.39, 0.29) is 11.9 Å². The summed E-state index contributed by atoms with van der Waals surface area (Å²) in [5.74, 6) is 1.16. The predicted octanol–water partition coefficient (Wildman–Crippen LogP) is 4.69. The highest BCUT2D eigenvalue weighted by Crippen LogP contribution is 2.26. The van der Waals surface area contributed by atoms with E-state index in [1.54, 1.807) is 25.3 Å². The van der Waals surface area contributed by atoms with Crippen molar-refractivity contribution in [1.29, 1.82) is 0 Å². The summed E-state index contributed by atoms with van der Waals surface area (Å²) in [6.45, 7) is 1.89. The molecule has 1 amide bonds. The second-order valence-corrected chi connectivity index (χ2v) is 6.08. The van der Waals surface area contributed by atoms with Gasteiger partial charge in [0.1, 0.15) is 17.1 Å². The molecule has 3 rings (SSSR count). The molecule has 1 atom stereocenters. The number of carbonyl (C=O) groups is 1. The molecule has 4 nitrogen and oxygen atoms in total. The maximum Gasteiger partial charge on any atom is 0.253 e. The fourth-order valence-corrected chi connectivity index (χ4v) is 2.79. The molecule has 1 heterocycles. The zero-order chi connectivity index (χ0) is 16.4. The third-order valence-corrected chi connectivity index (χ3v) is 4.33. The largest absolute Gasteiger partial charge is 0.497 e. The van der Waals surface area contributed by atoms with E-state index < -0.39 is 0 Å². The topological polar surface area (TPSA) is 51.5 Å². The van der Waals surface area contributed by atoms with Crippen LogP contribution in [0.15, 0.2) is 57.4 Å². The molecule has 0 saturated carbocycles. The predicted molar refractivity (Wildman–Crippen MR) is 92.8 cm³/mol. The second kappa shape index (κ2) is 6.46. The molecule has 0 radical (unpaired) electrons. The Morgan fingerprint density at radius 2 is 2.00 bits per heavy atom. The first-order valence-electron chi connectivity index (χ1n) is 7.21. The van der Waals surface area contributed by atoms with Gasteiger partial charge in [-0.15, -0.1) is 0 Å². The number of methoxy groups -OCH3 is 1. The maximum atomic E-state index is 12.5. The van der Waals surface area contributed by atoms with E-state index in [0.717, 1.165) is 16.7 Å². The highest BCUT2D eigenvalue weighted by atomic mass is 79.9. The van der Waals surface area contributed by atoms with E-state index in [0.29, 0.717) is 15.8 Å². The van der Waals surface area contributed by atoms with Crippen molar-refractivity contribution in [3.63, 3.8) is 0 Å². The molecule has 1 unspecified atom stereocenters. The van der Waals surface area contributed by atoms with Gasteiger partial charge in [0.2, 0.25) is 0 Å². The van der Waals surface area contributed by atoms with Gasteiger partial charge < -0.3 is 14.5 Å². The third kappa shape index (κ3) is 3.24. The average Bonchev–Trinajstić information content (AvgIpc) is 2.99. The number of para-hydroxylation sites is 1. The van der Waals surface area contributed by atoms with Crippen molar-refractivity contribution >= 4 is 32.8 Å². The fourth-order valence-electron chi connectivity index (χ4n) is 2.37. The lowest BCUT2D eigenvalue weighted by molar-refractivity contribution is 0.0934. The number of amides is 1. The fraction of sp³-hybridized carbons (Fsp3) is 0.167. The number of ether oxygens (including phenoxy) is 1. The van der Waals surface area contributed by atoms with Crippen LogP contribution < -0.4 is 10.1 Å². The summed E-state index contributed by atoms with van der Waals surface area (Å²) in [7, 11) is 1.57. The van der Waals surface area contributed by atoms with Crippen LogP contribution >= 0.6 is 15.9 Å². The van der Waals surface area contributed by atoms with Crippen LogP contribution in [0.5, 0.6) is 5.75 Å². The monoisotopic (exact) mass is 373 g/mol. The third-order valence-electron chi connectivity index (χ3n) is 3.64. The van der Waals surface area contributed by atoms with E-state index >= 15 is 0 Å². The Morgan fingerprint density at radius 1 is 1.22 bits per heavy atom. The number of hydrogen-bond donors (Lipinski definition) is 1. The Labute approximate surface area is 142 Å². The molecule has 0 aliphatic heterocycles. The van der Waals surface area contributed by atoms with Crippen molar-refractivity contribution < 1.29 is 13.9 Å². The molecule has 0 spiro atoms. The van der Waals surface area contributed by atoms with Crippen LogP contribution in [0.4, 0.5) is 0 Å². The molecule has 3 aromatic rings. The molecule has 0 fully saturated rings. The molecular formula is C18H16BrNO3. The number of benzene rings is 2. The molecule has 0 saturated heterocycles. The normalized spacial score (nSPS) is 12.1. The van der Waals surface area contributed by atoms with E-state index in [4.69, 9.17) is 9.15 Å². The average molecular weight is 374 g/mol. The van der Waals surface area contributed by atoms with Crippen molar-refractivity contribution in [3.05, 3.63) is 64.3 Å². The van der Waals surface area contributed by atoms with Crippen LogP contribution in [0.3, 0.4) is 0 Å². The first-order chi connectivity index (χ1) is 11.1. The Hall–Kier alpha value is -2.27. The molecular weight excluding hydrogens is 358 g/mol. The smallest absolute Gasteiger partial charge is 0.253 e. The van der Waals surface area contributed by atoms with Gasteiger partial charge in [-0.25, -0.2) is 0 Å². The first-order valence-corrected chi connectivity index (χ1v) is 8.00. The Morgan fingerprint density at radius 3 is 2.74 bits per heavy atom. The van der Waals surface area contributed by atoms with Crippen molar-refractivity contribution in [2.45, 2.75) is 13.0 Å². The van der Waals surface area contributed by atoms with Gasteiger partial charge in [0, 0.05) is 9.86 Å². The summed E-state index contributed by atoms with van der Waals surface area (Å²) in [5, 5.41) is 3.97. The van der Waals surface area contributed by atoms with Crippen molar-refractivity contribution in [2.24, 2.45) is 0 Å². The van der Waals surface area contributed by atoms with E-state index in [1.807, 2.05) is 37.3 Å². The second-order valence-electron chi connectivity index (χ2n) is 5.23. The van der Waals surface area contributed by atoms with E-state index in [1.165, 1.54) is 0 Å². The highest BCUT2D eigenvalue weighted by molar-refractivity contribution is 9.10.